The van der Waals surface area contributed by atoms with E-state index in [0.29, 0.717) is 31.5 Å². The molecule has 0 bridgehead atoms. The quantitative estimate of drug-likeness (QED) is 0.643. The Labute approximate surface area is 202 Å². The number of nitrogens with zero attached hydrogens (tertiary/aromatic N) is 5. The van der Waals surface area contributed by atoms with Gasteiger partial charge in [-0.05, 0) is 42.5 Å². The Balaban J connectivity index is 1.17. The van der Waals surface area contributed by atoms with E-state index in [1.54, 1.807) is 11.0 Å². The van der Waals surface area contributed by atoms with Crippen molar-refractivity contribution in [2.45, 2.75) is 50.9 Å². The normalized spacial score (nSPS) is 19.6. The average Bonchev–Trinajstić information content (AvgIpc) is 3.00. The average molecular weight is 490 g/mol. The lowest BCUT2D eigenvalue weighted by Crippen LogP contribution is -2.52. The number of aromatic nitrogens is 2. The van der Waals surface area contributed by atoms with Crippen LogP contribution >= 0.6 is 0 Å². The standard InChI is InChI=1S/C25H30F3N5O2/c26-25(27,28)35-21-6-1-3-18(15-21)16-23(34)32-9-7-19-17-29-24(30-22(19)8-10-32)33-13-11-31(12-14-33)20-4-2-5-20/h1,3,6,15,17,20H,2,4-5,7-14,16H2. The maximum atomic E-state index is 12.9. The van der Waals surface area contributed by atoms with Crippen molar-refractivity contribution in [3.63, 3.8) is 0 Å². The van der Waals surface area contributed by atoms with E-state index < -0.39 is 6.36 Å². The maximum Gasteiger partial charge on any atom is 0.573 e. The lowest BCUT2D eigenvalue weighted by atomic mass is 9.91. The molecule has 3 heterocycles. The van der Waals surface area contributed by atoms with Crippen LogP contribution in [-0.4, -0.2) is 77.3 Å². The third kappa shape index (κ3) is 5.86. The summed E-state index contributed by atoms with van der Waals surface area (Å²) in [7, 11) is 0. The van der Waals surface area contributed by atoms with Crippen LogP contribution < -0.4 is 9.64 Å². The Morgan fingerprint density at radius 1 is 1.06 bits per heavy atom. The van der Waals surface area contributed by atoms with Crippen LogP contribution in [0.25, 0.3) is 0 Å². The van der Waals surface area contributed by atoms with Crippen LogP contribution in [0.1, 0.15) is 36.1 Å². The zero-order valence-electron chi connectivity index (χ0n) is 19.6. The van der Waals surface area contributed by atoms with Crippen molar-refractivity contribution in [1.29, 1.82) is 0 Å². The fourth-order valence-electron chi connectivity index (χ4n) is 5.04. The summed E-state index contributed by atoms with van der Waals surface area (Å²) in [6.45, 7) is 5.00. The number of ether oxygens (including phenoxy) is 1. The van der Waals surface area contributed by atoms with E-state index in [1.165, 1.54) is 37.5 Å². The number of benzene rings is 1. The second-order valence-corrected chi connectivity index (χ2v) is 9.50. The molecule has 1 aliphatic carbocycles. The summed E-state index contributed by atoms with van der Waals surface area (Å²) in [4.78, 5) is 29.0. The number of halogens is 3. The highest BCUT2D eigenvalue weighted by atomic mass is 19.4. The fraction of sp³-hybridized carbons (Fsp3) is 0.560. The smallest absolute Gasteiger partial charge is 0.406 e. The van der Waals surface area contributed by atoms with E-state index in [4.69, 9.17) is 4.98 Å². The molecule has 0 atom stereocenters. The van der Waals surface area contributed by atoms with Gasteiger partial charge in [-0.15, -0.1) is 13.2 Å². The Morgan fingerprint density at radius 3 is 2.54 bits per heavy atom. The summed E-state index contributed by atoms with van der Waals surface area (Å²) in [6, 6.07) is 6.35. The molecule has 1 aromatic heterocycles. The van der Waals surface area contributed by atoms with Crippen molar-refractivity contribution < 1.29 is 22.7 Å². The van der Waals surface area contributed by atoms with Gasteiger partial charge in [-0.25, -0.2) is 9.97 Å². The number of anilines is 1. The van der Waals surface area contributed by atoms with Gasteiger partial charge in [0.1, 0.15) is 5.75 Å². The van der Waals surface area contributed by atoms with Gasteiger partial charge in [-0.3, -0.25) is 9.69 Å². The second kappa shape index (κ2) is 10.0. The van der Waals surface area contributed by atoms with Gasteiger partial charge < -0.3 is 14.5 Å². The number of carbonyl (C=O) groups excluding carboxylic acids is 1. The van der Waals surface area contributed by atoms with E-state index in [-0.39, 0.29) is 18.1 Å². The van der Waals surface area contributed by atoms with Crippen LogP contribution in [0.2, 0.25) is 0 Å². The van der Waals surface area contributed by atoms with Crippen molar-refractivity contribution in [3.05, 3.63) is 47.3 Å². The molecule has 5 rings (SSSR count). The molecule has 1 amide bonds. The molecule has 0 unspecified atom stereocenters. The first kappa shape index (κ1) is 23.8. The number of piperazine rings is 1. The van der Waals surface area contributed by atoms with E-state index in [9.17, 15) is 18.0 Å². The summed E-state index contributed by atoms with van der Waals surface area (Å²) in [5.74, 6) is 0.322. The molecule has 7 nitrogen and oxygen atoms in total. The number of alkyl halides is 3. The number of hydrogen-bond acceptors (Lipinski definition) is 6. The molecule has 1 aromatic carbocycles. The first-order valence-electron chi connectivity index (χ1n) is 12.3. The number of rotatable bonds is 5. The highest BCUT2D eigenvalue weighted by Crippen LogP contribution is 2.27. The molecule has 0 spiro atoms. The van der Waals surface area contributed by atoms with Gasteiger partial charge in [0, 0.05) is 57.9 Å². The summed E-state index contributed by atoms with van der Waals surface area (Å²) in [5.41, 5.74) is 2.52. The third-order valence-corrected chi connectivity index (χ3v) is 7.24. The monoisotopic (exact) mass is 489 g/mol. The van der Waals surface area contributed by atoms with Crippen molar-refractivity contribution in [3.8, 4) is 5.75 Å². The van der Waals surface area contributed by atoms with Gasteiger partial charge in [0.05, 0.1) is 12.1 Å². The lowest BCUT2D eigenvalue weighted by molar-refractivity contribution is -0.274. The van der Waals surface area contributed by atoms with Crippen molar-refractivity contribution in [2.75, 3.05) is 44.2 Å². The van der Waals surface area contributed by atoms with Crippen molar-refractivity contribution >= 4 is 11.9 Å². The number of hydrogen-bond donors (Lipinski definition) is 0. The van der Waals surface area contributed by atoms with E-state index in [1.807, 2.05) is 6.20 Å². The molecule has 10 heteroatoms. The van der Waals surface area contributed by atoms with E-state index in [0.717, 1.165) is 49.4 Å². The van der Waals surface area contributed by atoms with E-state index >= 15 is 0 Å². The zero-order valence-corrected chi connectivity index (χ0v) is 19.6. The molecule has 3 aliphatic rings. The van der Waals surface area contributed by atoms with Gasteiger partial charge in [0.25, 0.3) is 0 Å². The molecular formula is C25H30F3N5O2. The number of fused-ring (bicyclic) bond motifs is 1. The number of amides is 1. The Kier molecular flexibility index (Phi) is 6.82. The highest BCUT2D eigenvalue weighted by molar-refractivity contribution is 5.79. The summed E-state index contributed by atoms with van der Waals surface area (Å²) in [5, 5.41) is 0. The zero-order chi connectivity index (χ0) is 24.4. The summed E-state index contributed by atoms with van der Waals surface area (Å²) < 4.78 is 41.5. The second-order valence-electron chi connectivity index (χ2n) is 9.50. The molecule has 0 radical (unpaired) electrons. The van der Waals surface area contributed by atoms with Crippen LogP contribution in [0.15, 0.2) is 30.5 Å². The van der Waals surface area contributed by atoms with Gasteiger partial charge in [0.15, 0.2) is 0 Å². The summed E-state index contributed by atoms with van der Waals surface area (Å²) in [6.07, 6.45) is 2.43. The Morgan fingerprint density at radius 2 is 1.83 bits per heavy atom. The lowest BCUT2D eigenvalue weighted by Gasteiger charge is -2.43. The van der Waals surface area contributed by atoms with Crippen molar-refractivity contribution in [1.82, 2.24) is 19.8 Å². The maximum absolute atomic E-state index is 12.9. The molecule has 1 saturated heterocycles. The predicted octanol–water partition coefficient (Wildman–Crippen LogP) is 3.22. The van der Waals surface area contributed by atoms with Gasteiger partial charge >= 0.3 is 6.36 Å². The SMILES string of the molecule is O=C(Cc1cccc(OC(F)(F)F)c1)N1CCc2cnc(N3CCN(C4CCC4)CC3)nc2CC1. The molecule has 188 valence electrons. The van der Waals surface area contributed by atoms with Gasteiger partial charge in [0.2, 0.25) is 11.9 Å². The minimum atomic E-state index is -4.76. The molecular weight excluding hydrogens is 459 g/mol. The molecule has 35 heavy (non-hydrogen) atoms. The van der Waals surface area contributed by atoms with Crippen LogP contribution in [0.3, 0.4) is 0 Å². The fourth-order valence-corrected chi connectivity index (χ4v) is 5.04. The minimum absolute atomic E-state index is 0.0214. The topological polar surface area (TPSA) is 61.8 Å². The molecule has 2 fully saturated rings. The first-order valence-corrected chi connectivity index (χ1v) is 12.3. The van der Waals surface area contributed by atoms with E-state index in [2.05, 4.69) is 19.5 Å². The van der Waals surface area contributed by atoms with Crippen molar-refractivity contribution in [2.24, 2.45) is 0 Å². The minimum Gasteiger partial charge on any atom is -0.406 e. The molecule has 2 aliphatic heterocycles. The number of carbonyl (C=O) groups is 1. The molecule has 2 aromatic rings. The van der Waals surface area contributed by atoms with Crippen LogP contribution in [-0.2, 0) is 24.1 Å². The summed E-state index contributed by atoms with van der Waals surface area (Å²) >= 11 is 0. The van der Waals surface area contributed by atoms with Crippen LogP contribution in [0, 0.1) is 0 Å². The molecule has 0 N–H and O–H groups in total. The van der Waals surface area contributed by atoms with Crippen LogP contribution in [0.5, 0.6) is 5.75 Å². The van der Waals surface area contributed by atoms with Gasteiger partial charge in [-0.2, -0.15) is 0 Å². The first-order chi connectivity index (χ1) is 16.8. The predicted molar refractivity (Wildman–Crippen MR) is 124 cm³/mol. The third-order valence-electron chi connectivity index (χ3n) is 7.24. The largest absolute Gasteiger partial charge is 0.573 e. The molecule has 1 saturated carbocycles. The van der Waals surface area contributed by atoms with Crippen LogP contribution in [0.4, 0.5) is 19.1 Å². The highest BCUT2D eigenvalue weighted by Gasteiger charge is 2.31. The Bertz CT molecular complexity index is 1050. The van der Waals surface area contributed by atoms with Gasteiger partial charge in [-0.1, -0.05) is 18.6 Å². The Hall–Kier alpha value is -2.88.